The molecule has 2 heterocycles. The van der Waals surface area contributed by atoms with Crippen molar-refractivity contribution < 1.29 is 13.9 Å². The van der Waals surface area contributed by atoms with E-state index in [2.05, 4.69) is 15.5 Å². The highest BCUT2D eigenvalue weighted by Gasteiger charge is 2.25. The molecule has 1 unspecified atom stereocenters. The fraction of sp³-hybridized carbons (Fsp3) is 0.667. The number of methoxy groups -OCH3 is 1. The number of likely N-dealkylation sites (tertiary alicyclic amines) is 1. The van der Waals surface area contributed by atoms with Gasteiger partial charge in [0.25, 0.3) is 0 Å². The number of furan rings is 1. The highest BCUT2D eigenvalue weighted by atomic mass is 16.5. The van der Waals surface area contributed by atoms with Crippen LogP contribution in [-0.4, -0.2) is 57.2 Å². The Balaban J connectivity index is 1.78. The number of hydrogen-bond donors (Lipinski definition) is 2. The zero-order valence-corrected chi connectivity index (χ0v) is 12.6. The van der Waals surface area contributed by atoms with E-state index in [0.717, 1.165) is 18.8 Å². The number of amides is 1. The first-order valence-corrected chi connectivity index (χ1v) is 7.55. The molecule has 21 heavy (non-hydrogen) atoms. The summed E-state index contributed by atoms with van der Waals surface area (Å²) in [4.78, 5) is 14.2. The smallest absolute Gasteiger partial charge is 0.234 e. The van der Waals surface area contributed by atoms with Gasteiger partial charge in [0, 0.05) is 20.2 Å². The van der Waals surface area contributed by atoms with Crippen LogP contribution >= 0.6 is 0 Å². The molecule has 6 heteroatoms. The van der Waals surface area contributed by atoms with Gasteiger partial charge in [-0.2, -0.15) is 0 Å². The third-order valence-corrected chi connectivity index (χ3v) is 3.71. The van der Waals surface area contributed by atoms with Crippen LogP contribution in [-0.2, 0) is 9.53 Å². The minimum absolute atomic E-state index is 0.00172. The Hall–Kier alpha value is -1.37. The molecule has 0 saturated carbocycles. The molecule has 1 atom stereocenters. The summed E-state index contributed by atoms with van der Waals surface area (Å²) in [5.41, 5.74) is 0. The Morgan fingerprint density at radius 3 is 2.95 bits per heavy atom. The number of nitrogens with one attached hydrogen (secondary N) is 2. The van der Waals surface area contributed by atoms with Crippen LogP contribution < -0.4 is 10.6 Å². The predicted octanol–water partition coefficient (Wildman–Crippen LogP) is 0.769. The third-order valence-electron chi connectivity index (χ3n) is 3.71. The third kappa shape index (κ3) is 5.15. The van der Waals surface area contributed by atoms with E-state index in [0.29, 0.717) is 26.2 Å². The topological polar surface area (TPSA) is 66.7 Å². The van der Waals surface area contributed by atoms with Crippen LogP contribution in [0, 0.1) is 0 Å². The van der Waals surface area contributed by atoms with Gasteiger partial charge in [0.1, 0.15) is 5.76 Å². The SMILES string of the molecule is COCCNCC(=O)NCC(c1ccco1)N1CCCC1. The Bertz CT molecular complexity index is 402. The zero-order chi connectivity index (χ0) is 14.9. The Labute approximate surface area is 125 Å². The normalized spacial score (nSPS) is 17.0. The molecule has 6 nitrogen and oxygen atoms in total. The molecule has 1 saturated heterocycles. The Morgan fingerprint density at radius 2 is 2.29 bits per heavy atom. The van der Waals surface area contributed by atoms with Gasteiger partial charge in [-0.15, -0.1) is 0 Å². The maximum absolute atomic E-state index is 11.8. The second-order valence-corrected chi connectivity index (χ2v) is 5.25. The van der Waals surface area contributed by atoms with Crippen molar-refractivity contribution in [1.82, 2.24) is 15.5 Å². The molecule has 1 fully saturated rings. The monoisotopic (exact) mass is 295 g/mol. The number of carbonyl (C=O) groups excluding carboxylic acids is 1. The fourth-order valence-corrected chi connectivity index (χ4v) is 2.59. The molecule has 1 aliphatic rings. The first-order valence-electron chi connectivity index (χ1n) is 7.55. The van der Waals surface area contributed by atoms with Crippen molar-refractivity contribution >= 4 is 5.91 Å². The van der Waals surface area contributed by atoms with Gasteiger partial charge in [-0.25, -0.2) is 0 Å². The number of ether oxygens (including phenoxy) is 1. The highest BCUT2D eigenvalue weighted by molar-refractivity contribution is 5.78. The van der Waals surface area contributed by atoms with E-state index in [4.69, 9.17) is 9.15 Å². The van der Waals surface area contributed by atoms with Crippen LogP contribution in [0.25, 0.3) is 0 Å². The summed E-state index contributed by atoms with van der Waals surface area (Å²) in [7, 11) is 1.64. The van der Waals surface area contributed by atoms with Gasteiger partial charge in [0.2, 0.25) is 5.91 Å². The van der Waals surface area contributed by atoms with E-state index in [1.54, 1.807) is 13.4 Å². The van der Waals surface area contributed by atoms with Crippen LogP contribution in [0.5, 0.6) is 0 Å². The van der Waals surface area contributed by atoms with Crippen LogP contribution in [0.1, 0.15) is 24.6 Å². The molecule has 1 amide bonds. The average molecular weight is 295 g/mol. The lowest BCUT2D eigenvalue weighted by atomic mass is 10.2. The molecule has 0 aromatic carbocycles. The van der Waals surface area contributed by atoms with E-state index in [1.807, 2.05) is 12.1 Å². The summed E-state index contributed by atoms with van der Waals surface area (Å²) in [6.07, 6.45) is 4.11. The van der Waals surface area contributed by atoms with Crippen molar-refractivity contribution in [2.45, 2.75) is 18.9 Å². The van der Waals surface area contributed by atoms with Gasteiger partial charge in [-0.05, 0) is 38.1 Å². The minimum atomic E-state index is 0.00172. The molecule has 1 aliphatic heterocycles. The molecule has 2 rings (SSSR count). The average Bonchev–Trinajstić information content (AvgIpc) is 3.17. The van der Waals surface area contributed by atoms with Crippen molar-refractivity contribution in [3.8, 4) is 0 Å². The van der Waals surface area contributed by atoms with E-state index >= 15 is 0 Å². The molecule has 1 aromatic rings. The van der Waals surface area contributed by atoms with E-state index in [-0.39, 0.29) is 11.9 Å². The standard InChI is InChI=1S/C15H25N3O3/c1-20-10-6-16-12-15(19)17-11-13(14-5-4-9-21-14)18-7-2-3-8-18/h4-5,9,13,16H,2-3,6-8,10-12H2,1H3,(H,17,19). The summed E-state index contributed by atoms with van der Waals surface area (Å²) < 4.78 is 10.5. The Kier molecular flexibility index (Phi) is 6.72. The van der Waals surface area contributed by atoms with Crippen LogP contribution in [0.15, 0.2) is 22.8 Å². The second-order valence-electron chi connectivity index (χ2n) is 5.25. The molecule has 2 N–H and O–H groups in total. The number of carbonyl (C=O) groups is 1. The summed E-state index contributed by atoms with van der Waals surface area (Å²) in [6, 6.07) is 4.00. The van der Waals surface area contributed by atoms with Crippen LogP contribution in [0.4, 0.5) is 0 Å². The zero-order valence-electron chi connectivity index (χ0n) is 12.6. The van der Waals surface area contributed by atoms with Gasteiger partial charge in [0.15, 0.2) is 0 Å². The highest BCUT2D eigenvalue weighted by Crippen LogP contribution is 2.24. The number of nitrogens with zero attached hydrogens (tertiary/aromatic N) is 1. The number of rotatable bonds is 9. The van der Waals surface area contributed by atoms with Crippen molar-refractivity contribution in [3.05, 3.63) is 24.2 Å². The van der Waals surface area contributed by atoms with Crippen LogP contribution in [0.2, 0.25) is 0 Å². The first-order chi connectivity index (χ1) is 10.3. The fourth-order valence-electron chi connectivity index (χ4n) is 2.59. The van der Waals surface area contributed by atoms with Crippen molar-refractivity contribution in [2.24, 2.45) is 0 Å². The van der Waals surface area contributed by atoms with Gasteiger partial charge in [-0.1, -0.05) is 0 Å². The minimum Gasteiger partial charge on any atom is -0.468 e. The lowest BCUT2D eigenvalue weighted by Gasteiger charge is -2.26. The van der Waals surface area contributed by atoms with Crippen LogP contribution in [0.3, 0.4) is 0 Å². The molecule has 1 aromatic heterocycles. The van der Waals surface area contributed by atoms with Crippen molar-refractivity contribution in [2.75, 3.05) is 46.4 Å². The van der Waals surface area contributed by atoms with Gasteiger partial charge in [0.05, 0.1) is 25.5 Å². The molecule has 0 aliphatic carbocycles. The van der Waals surface area contributed by atoms with Crippen molar-refractivity contribution in [3.63, 3.8) is 0 Å². The van der Waals surface area contributed by atoms with Gasteiger partial charge < -0.3 is 19.8 Å². The van der Waals surface area contributed by atoms with E-state index in [9.17, 15) is 4.79 Å². The first kappa shape index (κ1) is 16.0. The summed E-state index contributed by atoms with van der Waals surface area (Å²) in [6.45, 7) is 4.31. The predicted molar refractivity (Wildman–Crippen MR) is 80.0 cm³/mol. The maximum atomic E-state index is 11.8. The molecular weight excluding hydrogens is 270 g/mol. The summed E-state index contributed by atoms with van der Waals surface area (Å²) in [5.74, 6) is 0.923. The Morgan fingerprint density at radius 1 is 1.48 bits per heavy atom. The molecule has 0 radical (unpaired) electrons. The lowest BCUT2D eigenvalue weighted by molar-refractivity contribution is -0.120. The second kappa shape index (κ2) is 8.81. The van der Waals surface area contributed by atoms with Gasteiger partial charge in [-0.3, -0.25) is 9.69 Å². The molecule has 118 valence electrons. The number of hydrogen-bond acceptors (Lipinski definition) is 5. The largest absolute Gasteiger partial charge is 0.468 e. The molecular formula is C15H25N3O3. The summed E-state index contributed by atoms with van der Waals surface area (Å²) in [5, 5.41) is 6.02. The molecule has 0 bridgehead atoms. The van der Waals surface area contributed by atoms with Crippen molar-refractivity contribution in [1.29, 1.82) is 0 Å². The van der Waals surface area contributed by atoms with E-state index in [1.165, 1.54) is 12.8 Å². The van der Waals surface area contributed by atoms with Gasteiger partial charge >= 0.3 is 0 Å². The summed E-state index contributed by atoms with van der Waals surface area (Å²) >= 11 is 0. The lowest BCUT2D eigenvalue weighted by Crippen LogP contribution is -2.40. The van der Waals surface area contributed by atoms with E-state index < -0.39 is 0 Å². The maximum Gasteiger partial charge on any atom is 0.234 e. The molecule has 0 spiro atoms. The quantitative estimate of drug-likeness (QED) is 0.659.